The Hall–Kier alpha value is -1.31. The van der Waals surface area contributed by atoms with Gasteiger partial charge in [-0.25, -0.2) is 4.58 Å². The Morgan fingerprint density at radius 3 is 1.90 bits per heavy atom. The Labute approximate surface area is 181 Å². The number of hydrogen-bond donors (Lipinski definition) is 0. The third kappa shape index (κ3) is 5.86. The van der Waals surface area contributed by atoms with Crippen LogP contribution in [0.5, 0.6) is 0 Å². The molecule has 4 aliphatic rings. The molecule has 29 heavy (non-hydrogen) atoms. The summed E-state index contributed by atoms with van der Waals surface area (Å²) < 4.78 is 2.54. The minimum Gasteiger partial charge on any atom is -0.351 e. The Morgan fingerprint density at radius 2 is 1.24 bits per heavy atom. The minimum atomic E-state index is 1.20. The fourth-order valence-electron chi connectivity index (χ4n) is 5.31. The van der Waals surface area contributed by atoms with Crippen molar-refractivity contribution in [2.45, 2.75) is 118 Å². The number of allylic oxidation sites excluding steroid dienone is 5. The van der Waals surface area contributed by atoms with Crippen molar-refractivity contribution in [3.05, 3.63) is 34.3 Å². The second-order valence-corrected chi connectivity index (χ2v) is 8.53. The molecule has 2 aliphatic heterocycles. The molecule has 4 rings (SSSR count). The average molecular weight is 400 g/mol. The molecule has 2 heteroatoms. The SMILES string of the molecule is CC.CC.CN1C(=CC2=[N+](C)C3=C(CCCCCC3)C2)CC2=C1CCCCCC2. The van der Waals surface area contributed by atoms with E-state index in [-0.39, 0.29) is 0 Å². The van der Waals surface area contributed by atoms with Crippen molar-refractivity contribution >= 4 is 5.71 Å². The van der Waals surface area contributed by atoms with Gasteiger partial charge in [-0.15, -0.1) is 0 Å². The molecule has 0 saturated carbocycles. The van der Waals surface area contributed by atoms with E-state index in [2.05, 4.69) is 29.6 Å². The Balaban J connectivity index is 0.000000707. The van der Waals surface area contributed by atoms with Crippen LogP contribution in [-0.2, 0) is 0 Å². The van der Waals surface area contributed by atoms with E-state index in [9.17, 15) is 0 Å². The minimum absolute atomic E-state index is 1.20. The van der Waals surface area contributed by atoms with Gasteiger partial charge in [0.2, 0.25) is 0 Å². The van der Waals surface area contributed by atoms with Gasteiger partial charge in [-0.1, -0.05) is 53.4 Å². The molecule has 0 spiro atoms. The van der Waals surface area contributed by atoms with Crippen LogP contribution < -0.4 is 0 Å². The lowest BCUT2D eigenvalue weighted by molar-refractivity contribution is -0.443. The molecule has 164 valence electrons. The van der Waals surface area contributed by atoms with Crippen LogP contribution in [0.1, 0.15) is 118 Å². The summed E-state index contributed by atoms with van der Waals surface area (Å²) in [7, 11) is 4.63. The molecular formula is C27H47N2+. The summed E-state index contributed by atoms with van der Waals surface area (Å²) >= 11 is 0. The second kappa shape index (κ2) is 12.4. The second-order valence-electron chi connectivity index (χ2n) is 8.53. The summed E-state index contributed by atoms with van der Waals surface area (Å²) in [6.07, 6.45) is 21.4. The van der Waals surface area contributed by atoms with Crippen LogP contribution in [0, 0.1) is 0 Å². The van der Waals surface area contributed by atoms with Gasteiger partial charge in [0.25, 0.3) is 0 Å². The zero-order valence-electron chi connectivity index (χ0n) is 20.4. The van der Waals surface area contributed by atoms with E-state index < -0.39 is 0 Å². The van der Waals surface area contributed by atoms with E-state index in [1.165, 1.54) is 89.9 Å². The highest BCUT2D eigenvalue weighted by Gasteiger charge is 2.31. The molecule has 0 aromatic rings. The van der Waals surface area contributed by atoms with Gasteiger partial charge in [0.05, 0.1) is 6.42 Å². The molecule has 0 unspecified atom stereocenters. The van der Waals surface area contributed by atoms with E-state index in [0.717, 1.165) is 0 Å². The number of nitrogens with zero attached hydrogens (tertiary/aromatic N) is 2. The molecule has 0 bridgehead atoms. The topological polar surface area (TPSA) is 6.25 Å². The van der Waals surface area contributed by atoms with Gasteiger partial charge in [0.15, 0.2) is 11.4 Å². The first-order valence-electron chi connectivity index (χ1n) is 12.7. The van der Waals surface area contributed by atoms with Crippen LogP contribution in [0.4, 0.5) is 0 Å². The molecule has 2 aliphatic carbocycles. The number of hydrogen-bond acceptors (Lipinski definition) is 1. The average Bonchev–Trinajstić information content (AvgIpc) is 3.15. The fraction of sp³-hybridized carbons (Fsp3) is 0.741. The molecule has 0 amide bonds. The molecule has 0 aromatic heterocycles. The van der Waals surface area contributed by atoms with Crippen LogP contribution in [0.25, 0.3) is 0 Å². The maximum Gasteiger partial charge on any atom is 0.187 e. The third-order valence-corrected chi connectivity index (χ3v) is 6.89. The Kier molecular flexibility index (Phi) is 10.2. The lowest BCUT2D eigenvalue weighted by Gasteiger charge is -2.20. The Bertz CT molecular complexity index is 660. The van der Waals surface area contributed by atoms with Crippen LogP contribution in [0.15, 0.2) is 34.3 Å². The quantitative estimate of drug-likeness (QED) is 0.405. The summed E-state index contributed by atoms with van der Waals surface area (Å²) in [4.78, 5) is 2.54. The zero-order chi connectivity index (χ0) is 21.2. The van der Waals surface area contributed by atoms with Crippen molar-refractivity contribution in [2.75, 3.05) is 14.1 Å². The molecule has 0 fully saturated rings. The highest BCUT2D eigenvalue weighted by Crippen LogP contribution is 2.38. The van der Waals surface area contributed by atoms with Gasteiger partial charge in [0.1, 0.15) is 7.05 Å². The van der Waals surface area contributed by atoms with Gasteiger partial charge >= 0.3 is 0 Å². The van der Waals surface area contributed by atoms with Gasteiger partial charge in [-0.2, -0.15) is 0 Å². The van der Waals surface area contributed by atoms with Gasteiger partial charge in [-0.3, -0.25) is 0 Å². The standard InChI is InChI=1S/C23H35N2.2C2H6/c1-24-20(15-18-11-7-3-5-9-13-22(18)24)17-21-16-19-12-8-4-6-10-14-23(19)25(21)2;2*1-2/h17H,3-16H2,1-2H3;2*1-2H3/q+1;;. The molecule has 0 saturated heterocycles. The van der Waals surface area contributed by atoms with Gasteiger partial charge < -0.3 is 4.90 Å². The Morgan fingerprint density at radius 1 is 0.690 bits per heavy atom. The molecule has 0 aromatic carbocycles. The summed E-state index contributed by atoms with van der Waals surface area (Å²) in [6, 6.07) is 0. The monoisotopic (exact) mass is 399 g/mol. The van der Waals surface area contributed by atoms with E-state index in [4.69, 9.17) is 0 Å². The molecule has 2 heterocycles. The molecular weight excluding hydrogens is 352 g/mol. The maximum atomic E-state index is 2.54. The van der Waals surface area contributed by atoms with Crippen molar-refractivity contribution in [1.29, 1.82) is 0 Å². The van der Waals surface area contributed by atoms with Gasteiger partial charge in [-0.05, 0) is 50.5 Å². The first-order valence-corrected chi connectivity index (χ1v) is 12.7. The predicted octanol–water partition coefficient (Wildman–Crippen LogP) is 7.96. The van der Waals surface area contributed by atoms with Crippen LogP contribution in [-0.4, -0.2) is 29.3 Å². The highest BCUT2D eigenvalue weighted by molar-refractivity contribution is 5.94. The van der Waals surface area contributed by atoms with Crippen molar-refractivity contribution in [3.63, 3.8) is 0 Å². The van der Waals surface area contributed by atoms with Crippen molar-refractivity contribution < 1.29 is 4.58 Å². The number of rotatable bonds is 1. The highest BCUT2D eigenvalue weighted by atomic mass is 15.1. The third-order valence-electron chi connectivity index (χ3n) is 6.89. The largest absolute Gasteiger partial charge is 0.351 e. The van der Waals surface area contributed by atoms with Crippen molar-refractivity contribution in [1.82, 2.24) is 4.90 Å². The van der Waals surface area contributed by atoms with Crippen molar-refractivity contribution in [2.24, 2.45) is 0 Å². The summed E-state index contributed by atoms with van der Waals surface area (Å²) in [5.41, 5.74) is 9.87. The van der Waals surface area contributed by atoms with Crippen LogP contribution in [0.2, 0.25) is 0 Å². The molecule has 2 nitrogen and oxygen atoms in total. The van der Waals surface area contributed by atoms with Gasteiger partial charge in [0, 0.05) is 42.9 Å². The van der Waals surface area contributed by atoms with Crippen LogP contribution >= 0.6 is 0 Å². The summed E-state index contributed by atoms with van der Waals surface area (Å²) in [5, 5.41) is 0. The molecule has 0 radical (unpaired) electrons. The van der Waals surface area contributed by atoms with E-state index in [1.807, 2.05) is 27.7 Å². The van der Waals surface area contributed by atoms with E-state index >= 15 is 0 Å². The smallest absolute Gasteiger partial charge is 0.187 e. The zero-order valence-corrected chi connectivity index (χ0v) is 20.4. The van der Waals surface area contributed by atoms with Crippen LogP contribution in [0.3, 0.4) is 0 Å². The first-order chi connectivity index (χ1) is 14.2. The van der Waals surface area contributed by atoms with E-state index in [0.29, 0.717) is 0 Å². The predicted molar refractivity (Wildman–Crippen MR) is 128 cm³/mol. The maximum absolute atomic E-state index is 2.54. The fourth-order valence-corrected chi connectivity index (χ4v) is 5.31. The lowest BCUT2D eigenvalue weighted by Crippen LogP contribution is -2.15. The molecule has 0 atom stereocenters. The lowest BCUT2D eigenvalue weighted by atomic mass is 9.96. The normalized spacial score (nSPS) is 23.9. The summed E-state index contributed by atoms with van der Waals surface area (Å²) in [6.45, 7) is 8.00. The summed E-state index contributed by atoms with van der Waals surface area (Å²) in [5.74, 6) is 0. The molecule has 0 N–H and O–H groups in total. The first kappa shape index (κ1) is 24.0. The van der Waals surface area contributed by atoms with Crippen molar-refractivity contribution in [3.8, 4) is 0 Å². The van der Waals surface area contributed by atoms with E-state index in [1.54, 1.807) is 33.9 Å².